The predicted octanol–water partition coefficient (Wildman–Crippen LogP) is 0.802. The summed E-state index contributed by atoms with van der Waals surface area (Å²) in [4.78, 5) is 22.2. The van der Waals surface area contributed by atoms with Gasteiger partial charge in [-0.05, 0) is 0 Å². The zero-order valence-corrected chi connectivity index (χ0v) is 9.97. The lowest BCUT2D eigenvalue weighted by molar-refractivity contribution is 0.262. The fourth-order valence-electron chi connectivity index (χ4n) is 0.616. The maximum atomic E-state index is 11.1. The van der Waals surface area contributed by atoms with Crippen molar-refractivity contribution in [1.29, 1.82) is 0 Å². The third-order valence-corrected chi connectivity index (χ3v) is 19.2. The molecule has 0 aromatic carbocycles. The van der Waals surface area contributed by atoms with Crippen molar-refractivity contribution >= 4 is 26.2 Å². The highest BCUT2D eigenvalue weighted by atomic mass is 29.3. The Hall–Kier alpha value is -0.626. The largest absolute Gasteiger partial charge is 0.374 e. The lowest BCUT2D eigenvalue weighted by Crippen LogP contribution is -2.68. The molecule has 70 valence electrons. The molecule has 0 heterocycles. The van der Waals surface area contributed by atoms with Gasteiger partial charge >= 0.3 is 0 Å². The Kier molecular flexibility index (Phi) is 2.86. The van der Waals surface area contributed by atoms with Crippen molar-refractivity contribution in [1.82, 2.24) is 0 Å². The van der Waals surface area contributed by atoms with Crippen LogP contribution in [0.25, 0.3) is 0 Å². The van der Waals surface area contributed by atoms with Gasteiger partial charge in [0, 0.05) is 0 Å². The van der Waals surface area contributed by atoms with Gasteiger partial charge in [-0.15, -0.1) is 0 Å². The van der Waals surface area contributed by atoms with Crippen LogP contribution in [-0.4, -0.2) is 26.2 Å². The molecule has 0 unspecified atom stereocenters. The van der Waals surface area contributed by atoms with Crippen LogP contribution in [0.1, 0.15) is 0 Å². The summed E-state index contributed by atoms with van der Waals surface area (Å²) in [6.07, 6.45) is 0. The van der Waals surface area contributed by atoms with Gasteiger partial charge in [-0.1, -0.05) is 26.2 Å². The fraction of sp³-hybridized carbons (Fsp3) is 0.667. The normalized spacial score (nSPS) is 12.7. The van der Waals surface area contributed by atoms with Crippen molar-refractivity contribution in [3.63, 3.8) is 0 Å². The van der Waals surface area contributed by atoms with E-state index in [1.54, 1.807) is 0 Å². The molecule has 4 nitrogen and oxygen atoms in total. The van der Waals surface area contributed by atoms with E-state index in [-0.39, 0.29) is 11.1 Å². The van der Waals surface area contributed by atoms with E-state index in [9.17, 15) is 9.59 Å². The zero-order valence-electron chi connectivity index (χ0n) is 7.97. The highest BCUT2D eigenvalue weighted by molar-refractivity contribution is 7.59. The van der Waals surface area contributed by atoms with Crippen LogP contribution in [0.2, 0.25) is 26.2 Å². The van der Waals surface area contributed by atoms with Crippen LogP contribution in [0.3, 0.4) is 0 Å². The Morgan fingerprint density at radius 3 is 1.08 bits per heavy atom. The summed E-state index contributed by atoms with van der Waals surface area (Å²) in [6.45, 7) is 7.25. The van der Waals surface area contributed by atoms with Gasteiger partial charge in [0.15, 0.2) is 26.2 Å². The van der Waals surface area contributed by atoms with Crippen molar-refractivity contribution in [3.05, 3.63) is 0 Å². The molecule has 2 amide bonds. The Morgan fingerprint density at radius 2 is 1.00 bits per heavy atom. The molecule has 0 saturated carbocycles. The summed E-state index contributed by atoms with van der Waals surface area (Å²) in [5.41, 5.74) is 9.85. The third-order valence-electron chi connectivity index (χ3n) is 2.79. The second-order valence-electron chi connectivity index (χ2n) is 3.98. The van der Waals surface area contributed by atoms with Gasteiger partial charge in [-0.3, -0.25) is 9.59 Å². The highest BCUT2D eigenvalue weighted by Gasteiger charge is 2.50. The molecular weight excluding hydrogens is 188 g/mol. The monoisotopic (exact) mass is 204 g/mol. The quantitative estimate of drug-likeness (QED) is 0.666. The smallest absolute Gasteiger partial charge is 0.187 e. The summed E-state index contributed by atoms with van der Waals surface area (Å²) in [6, 6.07) is 0. The number of amides is 2. The average molecular weight is 204 g/mol. The molecule has 12 heavy (non-hydrogen) atoms. The molecular formula is C6H16N2O2Si2. The minimum absolute atomic E-state index is 0.321. The molecule has 0 saturated heterocycles. The Bertz CT molecular complexity index is 202. The molecule has 0 rings (SSSR count). The predicted molar refractivity (Wildman–Crippen MR) is 54.1 cm³/mol. The van der Waals surface area contributed by atoms with E-state index in [1.807, 2.05) is 26.2 Å². The molecule has 0 aliphatic rings. The van der Waals surface area contributed by atoms with E-state index < -0.39 is 15.2 Å². The van der Waals surface area contributed by atoms with Crippen LogP contribution in [0.15, 0.2) is 0 Å². The van der Waals surface area contributed by atoms with Crippen molar-refractivity contribution < 1.29 is 9.59 Å². The first-order chi connectivity index (χ1) is 5.14. The topological polar surface area (TPSA) is 86.2 Å². The molecule has 0 aromatic rings. The minimum Gasteiger partial charge on any atom is -0.374 e. The number of carbonyl (C=O) groups is 2. The molecule has 0 spiro atoms. The molecule has 4 N–H and O–H groups in total. The third kappa shape index (κ3) is 1.58. The molecule has 0 aliphatic carbocycles. The number of hydrogen-bond donors (Lipinski definition) is 2. The van der Waals surface area contributed by atoms with E-state index in [0.717, 1.165) is 0 Å². The van der Waals surface area contributed by atoms with Crippen LogP contribution in [0, 0.1) is 0 Å². The van der Waals surface area contributed by atoms with E-state index in [0.29, 0.717) is 0 Å². The van der Waals surface area contributed by atoms with Gasteiger partial charge in [0.05, 0.1) is 0 Å². The summed E-state index contributed by atoms with van der Waals surface area (Å²) >= 11 is 0. The second kappa shape index (κ2) is 3.02. The van der Waals surface area contributed by atoms with Gasteiger partial charge in [0.25, 0.3) is 0 Å². The van der Waals surface area contributed by atoms with Crippen molar-refractivity contribution in [2.45, 2.75) is 26.2 Å². The highest BCUT2D eigenvalue weighted by Crippen LogP contribution is 2.18. The first-order valence-electron chi connectivity index (χ1n) is 3.74. The molecule has 0 atom stereocenters. The molecule has 0 bridgehead atoms. The van der Waals surface area contributed by atoms with Gasteiger partial charge < -0.3 is 11.5 Å². The number of primary amides is 2. The lowest BCUT2D eigenvalue weighted by atomic mass is 11.4. The van der Waals surface area contributed by atoms with Crippen LogP contribution in [-0.2, 0) is 0 Å². The summed E-state index contributed by atoms with van der Waals surface area (Å²) in [5, 5.41) is 0. The van der Waals surface area contributed by atoms with Gasteiger partial charge in [0.2, 0.25) is 0 Å². The first kappa shape index (κ1) is 11.4. The van der Waals surface area contributed by atoms with Crippen LogP contribution < -0.4 is 11.5 Å². The molecule has 0 radical (unpaired) electrons. The number of nitrogens with two attached hydrogens (primary N) is 2. The van der Waals surface area contributed by atoms with E-state index in [1.165, 1.54) is 0 Å². The van der Waals surface area contributed by atoms with E-state index in [4.69, 9.17) is 11.5 Å². The fourth-order valence-corrected chi connectivity index (χ4v) is 5.54. The minimum atomic E-state index is -2.27. The van der Waals surface area contributed by atoms with Crippen LogP contribution >= 0.6 is 0 Å². The summed E-state index contributed by atoms with van der Waals surface area (Å²) in [7, 11) is -4.54. The van der Waals surface area contributed by atoms with Crippen molar-refractivity contribution in [2.75, 3.05) is 0 Å². The number of carbonyl (C=O) groups excluding carboxylic acids is 2. The standard InChI is InChI=1S/C6H16N2O2Si2/c1-11(2,5(7)9)12(3,4)6(8)10/h1-4H3,(H2,7,9)(H2,8,10). The SMILES string of the molecule is C[Si](C)(C(N)=O)[Si](C)(C)C(N)=O. The number of rotatable bonds is 3. The number of hydrogen-bond acceptors (Lipinski definition) is 2. The lowest BCUT2D eigenvalue weighted by Gasteiger charge is -2.31. The Labute approximate surface area is 74.1 Å². The maximum absolute atomic E-state index is 11.1. The van der Waals surface area contributed by atoms with Crippen LogP contribution in [0.4, 0.5) is 9.59 Å². The second-order valence-corrected chi connectivity index (χ2v) is 19.0. The summed E-state index contributed by atoms with van der Waals surface area (Å²) < 4.78 is 0. The van der Waals surface area contributed by atoms with Gasteiger partial charge in [-0.25, -0.2) is 0 Å². The Balaban J connectivity index is 5.01. The van der Waals surface area contributed by atoms with Crippen LogP contribution in [0.5, 0.6) is 0 Å². The van der Waals surface area contributed by atoms with E-state index in [2.05, 4.69) is 0 Å². The molecule has 0 aliphatic heterocycles. The molecule has 6 heteroatoms. The Morgan fingerprint density at radius 1 is 0.833 bits per heavy atom. The van der Waals surface area contributed by atoms with E-state index >= 15 is 0 Å². The maximum Gasteiger partial charge on any atom is 0.187 e. The van der Waals surface area contributed by atoms with Gasteiger partial charge in [-0.2, -0.15) is 0 Å². The summed E-state index contributed by atoms with van der Waals surface area (Å²) in [5.74, 6) is 0. The van der Waals surface area contributed by atoms with Crippen molar-refractivity contribution in [3.8, 4) is 0 Å². The van der Waals surface area contributed by atoms with Crippen molar-refractivity contribution in [2.24, 2.45) is 11.5 Å². The molecule has 0 fully saturated rings. The van der Waals surface area contributed by atoms with Gasteiger partial charge in [0.1, 0.15) is 0 Å². The zero-order chi connectivity index (χ0) is 10.2. The molecule has 0 aromatic heterocycles. The first-order valence-corrected chi connectivity index (χ1v) is 10.7. The average Bonchev–Trinajstić information content (AvgIpc) is 1.86.